The Balaban J connectivity index is 1.26. The van der Waals surface area contributed by atoms with Crippen LogP contribution in [0.15, 0.2) is 42.5 Å². The summed E-state index contributed by atoms with van der Waals surface area (Å²) >= 11 is 6.08. The van der Waals surface area contributed by atoms with Crippen LogP contribution in [-0.4, -0.2) is 35.3 Å². The standard InChI is InChI=1S/C23H26ClN3O/c24-18-6-8-21-22(14-18)27-23(26-21)16-3-1-15(2-4-16)17-5-7-20(13-17)25-19-9-11-28-12-10-19/h1-4,6,8,14,17,19-20,25H,5,7,9-13H2,(H,26,27). The summed E-state index contributed by atoms with van der Waals surface area (Å²) < 4.78 is 5.47. The number of benzene rings is 2. The molecule has 0 radical (unpaired) electrons. The first-order valence-corrected chi connectivity index (χ1v) is 10.7. The molecular weight excluding hydrogens is 370 g/mol. The van der Waals surface area contributed by atoms with Crippen molar-refractivity contribution in [3.8, 4) is 11.4 Å². The lowest BCUT2D eigenvalue weighted by Gasteiger charge is -2.26. The highest BCUT2D eigenvalue weighted by Crippen LogP contribution is 2.36. The quantitative estimate of drug-likeness (QED) is 0.631. The van der Waals surface area contributed by atoms with E-state index in [-0.39, 0.29) is 0 Å². The molecule has 5 rings (SSSR count). The van der Waals surface area contributed by atoms with Gasteiger partial charge in [-0.15, -0.1) is 0 Å². The smallest absolute Gasteiger partial charge is 0.138 e. The Morgan fingerprint density at radius 3 is 2.61 bits per heavy atom. The van der Waals surface area contributed by atoms with Crippen LogP contribution in [0.5, 0.6) is 0 Å². The summed E-state index contributed by atoms with van der Waals surface area (Å²) in [5, 5.41) is 4.59. The van der Waals surface area contributed by atoms with Gasteiger partial charge < -0.3 is 15.0 Å². The fourth-order valence-electron chi connectivity index (χ4n) is 4.66. The van der Waals surface area contributed by atoms with Crippen molar-refractivity contribution in [1.29, 1.82) is 0 Å². The van der Waals surface area contributed by atoms with E-state index >= 15 is 0 Å². The average Bonchev–Trinajstić information content (AvgIpc) is 3.35. The first-order chi connectivity index (χ1) is 13.7. The topological polar surface area (TPSA) is 49.9 Å². The lowest BCUT2D eigenvalue weighted by atomic mass is 9.96. The Kier molecular flexibility index (Phi) is 5.10. The third-order valence-corrected chi connectivity index (χ3v) is 6.46. The normalized spacial score (nSPS) is 23.5. The summed E-state index contributed by atoms with van der Waals surface area (Å²) in [7, 11) is 0. The van der Waals surface area contributed by atoms with Gasteiger partial charge >= 0.3 is 0 Å². The predicted octanol–water partition coefficient (Wildman–Crippen LogP) is 5.29. The van der Waals surface area contributed by atoms with E-state index in [1.165, 1.54) is 24.8 Å². The second-order valence-corrected chi connectivity index (χ2v) is 8.57. The summed E-state index contributed by atoms with van der Waals surface area (Å²) in [4.78, 5) is 8.07. The monoisotopic (exact) mass is 395 g/mol. The average molecular weight is 396 g/mol. The number of aromatic nitrogens is 2. The van der Waals surface area contributed by atoms with Crippen molar-refractivity contribution in [2.45, 2.75) is 50.1 Å². The second kappa shape index (κ2) is 7.86. The molecule has 2 fully saturated rings. The van der Waals surface area contributed by atoms with Gasteiger partial charge in [-0.25, -0.2) is 4.98 Å². The Hall–Kier alpha value is -1.88. The van der Waals surface area contributed by atoms with Crippen LogP contribution in [0.2, 0.25) is 5.02 Å². The van der Waals surface area contributed by atoms with Gasteiger partial charge in [0, 0.05) is 35.9 Å². The van der Waals surface area contributed by atoms with Gasteiger partial charge in [-0.2, -0.15) is 0 Å². The lowest BCUT2D eigenvalue weighted by molar-refractivity contribution is 0.0750. The van der Waals surface area contributed by atoms with Crippen LogP contribution in [0.1, 0.15) is 43.6 Å². The lowest BCUT2D eigenvalue weighted by Crippen LogP contribution is -2.40. The summed E-state index contributed by atoms with van der Waals surface area (Å²) in [6, 6.07) is 16.0. The van der Waals surface area contributed by atoms with E-state index in [1.54, 1.807) is 0 Å². The number of aromatic amines is 1. The zero-order valence-corrected chi connectivity index (χ0v) is 16.7. The number of hydrogen-bond acceptors (Lipinski definition) is 3. The molecule has 1 aromatic heterocycles. The van der Waals surface area contributed by atoms with Crippen molar-refractivity contribution in [1.82, 2.24) is 15.3 Å². The highest BCUT2D eigenvalue weighted by Gasteiger charge is 2.28. The summed E-state index contributed by atoms with van der Waals surface area (Å²) in [6.07, 6.45) is 6.08. The molecule has 28 heavy (non-hydrogen) atoms. The van der Waals surface area contributed by atoms with Crippen LogP contribution in [0.25, 0.3) is 22.4 Å². The predicted molar refractivity (Wildman–Crippen MR) is 114 cm³/mol. The number of imidazole rings is 1. The van der Waals surface area contributed by atoms with Gasteiger partial charge in [0.2, 0.25) is 0 Å². The molecule has 1 aliphatic heterocycles. The number of hydrogen-bond donors (Lipinski definition) is 2. The molecule has 1 saturated carbocycles. The first kappa shape index (κ1) is 18.2. The maximum absolute atomic E-state index is 6.08. The molecule has 5 heteroatoms. The molecule has 3 aromatic rings. The van der Waals surface area contributed by atoms with Crippen LogP contribution >= 0.6 is 11.6 Å². The fraction of sp³-hybridized carbons (Fsp3) is 0.435. The van der Waals surface area contributed by atoms with Crippen LogP contribution in [0.4, 0.5) is 0 Å². The van der Waals surface area contributed by atoms with Gasteiger partial charge in [0.05, 0.1) is 11.0 Å². The molecule has 1 aliphatic carbocycles. The van der Waals surface area contributed by atoms with Crippen molar-refractivity contribution in [2.24, 2.45) is 0 Å². The van der Waals surface area contributed by atoms with Crippen LogP contribution < -0.4 is 5.32 Å². The van der Waals surface area contributed by atoms with Crippen molar-refractivity contribution in [2.75, 3.05) is 13.2 Å². The van der Waals surface area contributed by atoms with Crippen molar-refractivity contribution < 1.29 is 4.74 Å². The molecule has 4 nitrogen and oxygen atoms in total. The Bertz CT molecular complexity index is 946. The summed E-state index contributed by atoms with van der Waals surface area (Å²) in [5.41, 5.74) is 4.48. The Labute approximate surface area is 170 Å². The van der Waals surface area contributed by atoms with Gasteiger partial charge in [-0.3, -0.25) is 0 Å². The number of H-pyrrole nitrogens is 1. The largest absolute Gasteiger partial charge is 0.381 e. The zero-order chi connectivity index (χ0) is 18.9. The number of halogens is 1. The van der Waals surface area contributed by atoms with E-state index in [0.29, 0.717) is 18.0 Å². The fourth-order valence-corrected chi connectivity index (χ4v) is 4.84. The third-order valence-electron chi connectivity index (χ3n) is 6.22. The zero-order valence-electron chi connectivity index (χ0n) is 16.0. The van der Waals surface area contributed by atoms with E-state index in [9.17, 15) is 0 Å². The molecule has 2 aromatic carbocycles. The van der Waals surface area contributed by atoms with E-state index in [0.717, 1.165) is 53.5 Å². The van der Waals surface area contributed by atoms with Crippen LogP contribution in [-0.2, 0) is 4.74 Å². The third kappa shape index (κ3) is 3.82. The number of nitrogens with one attached hydrogen (secondary N) is 2. The molecule has 0 amide bonds. The molecule has 0 bridgehead atoms. The SMILES string of the molecule is Clc1ccc2nc(-c3ccc(C4CCC(NC5CCOCC5)C4)cc3)[nH]c2c1. The van der Waals surface area contributed by atoms with E-state index in [1.807, 2.05) is 18.2 Å². The number of rotatable bonds is 4. The molecule has 2 atom stereocenters. The van der Waals surface area contributed by atoms with E-state index in [2.05, 4.69) is 34.6 Å². The molecule has 2 unspecified atom stereocenters. The number of nitrogens with zero attached hydrogens (tertiary/aromatic N) is 1. The van der Waals surface area contributed by atoms with Crippen LogP contribution in [0.3, 0.4) is 0 Å². The maximum atomic E-state index is 6.08. The Morgan fingerprint density at radius 1 is 0.964 bits per heavy atom. The molecule has 146 valence electrons. The molecule has 1 saturated heterocycles. The summed E-state index contributed by atoms with van der Waals surface area (Å²) in [5.74, 6) is 1.55. The first-order valence-electron chi connectivity index (χ1n) is 10.3. The van der Waals surface area contributed by atoms with Crippen LogP contribution in [0, 0.1) is 0 Å². The minimum atomic E-state index is 0.640. The molecule has 2 heterocycles. The minimum absolute atomic E-state index is 0.640. The molecule has 0 spiro atoms. The highest BCUT2D eigenvalue weighted by molar-refractivity contribution is 6.31. The van der Waals surface area contributed by atoms with Gasteiger partial charge in [0.25, 0.3) is 0 Å². The second-order valence-electron chi connectivity index (χ2n) is 8.13. The van der Waals surface area contributed by atoms with Gasteiger partial charge in [-0.05, 0) is 61.8 Å². The number of ether oxygens (including phenoxy) is 1. The van der Waals surface area contributed by atoms with E-state index in [4.69, 9.17) is 21.3 Å². The molecule has 2 aliphatic rings. The summed E-state index contributed by atoms with van der Waals surface area (Å²) in [6.45, 7) is 1.81. The highest BCUT2D eigenvalue weighted by atomic mass is 35.5. The maximum Gasteiger partial charge on any atom is 0.138 e. The Morgan fingerprint density at radius 2 is 1.79 bits per heavy atom. The van der Waals surface area contributed by atoms with E-state index < -0.39 is 0 Å². The molecular formula is C23H26ClN3O. The number of fused-ring (bicyclic) bond motifs is 1. The van der Waals surface area contributed by atoms with Crippen molar-refractivity contribution in [3.63, 3.8) is 0 Å². The van der Waals surface area contributed by atoms with Gasteiger partial charge in [-0.1, -0.05) is 35.9 Å². The van der Waals surface area contributed by atoms with Crippen molar-refractivity contribution >= 4 is 22.6 Å². The minimum Gasteiger partial charge on any atom is -0.381 e. The van der Waals surface area contributed by atoms with Gasteiger partial charge in [0.15, 0.2) is 0 Å². The van der Waals surface area contributed by atoms with Gasteiger partial charge in [0.1, 0.15) is 5.82 Å². The van der Waals surface area contributed by atoms with Crippen molar-refractivity contribution in [3.05, 3.63) is 53.1 Å². The molecule has 2 N–H and O–H groups in total.